The van der Waals surface area contributed by atoms with Crippen LogP contribution in [0.3, 0.4) is 0 Å². The van der Waals surface area contributed by atoms with Crippen molar-refractivity contribution >= 4 is 5.91 Å². The first-order chi connectivity index (χ1) is 14.6. The largest absolute Gasteiger partial charge is 0.497 e. The van der Waals surface area contributed by atoms with E-state index in [1.807, 2.05) is 20.0 Å². The molecule has 0 saturated heterocycles. The van der Waals surface area contributed by atoms with Gasteiger partial charge in [0.25, 0.3) is 11.5 Å². The lowest BCUT2D eigenvalue weighted by Crippen LogP contribution is -2.53. The highest BCUT2D eigenvalue weighted by Gasteiger charge is 2.39. The summed E-state index contributed by atoms with van der Waals surface area (Å²) in [6.45, 7) is 4.97. The number of ether oxygens (including phenoxy) is 1. The van der Waals surface area contributed by atoms with Crippen LogP contribution < -0.4 is 16.0 Å². The molecule has 1 amide bonds. The van der Waals surface area contributed by atoms with Gasteiger partial charge in [0.15, 0.2) is 0 Å². The number of nitrogens with two attached hydrogens (primary N) is 1. The number of benzene rings is 1. The number of hydrogen-bond donors (Lipinski definition) is 3. The molecule has 2 aromatic rings. The second-order valence-electron chi connectivity index (χ2n) is 8.71. The fraction of sp³-hybridized carbons (Fsp3) is 0.500. The van der Waals surface area contributed by atoms with Crippen LogP contribution in [0.25, 0.3) is 0 Å². The van der Waals surface area contributed by atoms with Crippen molar-refractivity contribution in [3.63, 3.8) is 0 Å². The van der Waals surface area contributed by atoms with Gasteiger partial charge in [-0.25, -0.2) is 0 Å². The van der Waals surface area contributed by atoms with Gasteiger partial charge in [0.2, 0.25) is 0 Å². The summed E-state index contributed by atoms with van der Waals surface area (Å²) in [5.41, 5.74) is 7.94. The number of nitrogens with zero attached hydrogens (tertiary/aromatic N) is 1. The van der Waals surface area contributed by atoms with Gasteiger partial charge in [0.05, 0.1) is 12.7 Å². The lowest BCUT2D eigenvalue weighted by atomic mass is 9.77. The summed E-state index contributed by atoms with van der Waals surface area (Å²) in [6, 6.07) is 7.59. The van der Waals surface area contributed by atoms with Gasteiger partial charge in [-0.1, -0.05) is 6.07 Å². The molecule has 0 unspecified atom stereocenters. The minimum absolute atomic E-state index is 0.0577. The summed E-state index contributed by atoms with van der Waals surface area (Å²) in [4.78, 5) is 28.5. The standard InChI is InChI=1S/C24H33N3O4/c1-15-7-8-19(31-4)12-17(15)6-5-11-27(3)16(2)24(30)10-9-21-18(14-24)13-20(22(25)28)23(29)26-21/h7-8,12-13,16,30H,5-6,9-11,14H2,1-4H3,(H2,25,28)(H,26,29)/t16-,24-/m1/s1. The third-order valence-electron chi connectivity index (χ3n) is 6.74. The summed E-state index contributed by atoms with van der Waals surface area (Å²) >= 11 is 0. The molecular formula is C24H33N3O4. The number of hydrogen-bond acceptors (Lipinski definition) is 5. The molecule has 7 nitrogen and oxygen atoms in total. The number of aryl methyl sites for hydroxylation is 3. The zero-order valence-corrected chi connectivity index (χ0v) is 18.8. The smallest absolute Gasteiger partial charge is 0.261 e. The highest BCUT2D eigenvalue weighted by molar-refractivity contribution is 5.92. The van der Waals surface area contributed by atoms with Crippen LogP contribution in [0.2, 0.25) is 0 Å². The molecule has 31 heavy (non-hydrogen) atoms. The molecule has 0 saturated carbocycles. The molecule has 0 aliphatic heterocycles. The zero-order chi connectivity index (χ0) is 22.8. The number of aromatic nitrogens is 1. The highest BCUT2D eigenvalue weighted by atomic mass is 16.5. The van der Waals surface area contributed by atoms with E-state index in [1.165, 1.54) is 11.1 Å². The Bertz CT molecular complexity index is 1020. The maximum atomic E-state index is 12.0. The highest BCUT2D eigenvalue weighted by Crippen LogP contribution is 2.32. The summed E-state index contributed by atoms with van der Waals surface area (Å²) in [7, 11) is 3.70. The first-order valence-corrected chi connectivity index (χ1v) is 10.8. The third kappa shape index (κ3) is 4.99. The number of aromatic amines is 1. The molecular weight excluding hydrogens is 394 g/mol. The summed E-state index contributed by atoms with van der Waals surface area (Å²) in [6.07, 6.45) is 3.37. The van der Waals surface area contributed by atoms with Crippen LogP contribution in [0.1, 0.15) is 52.5 Å². The fourth-order valence-corrected chi connectivity index (χ4v) is 4.46. The minimum Gasteiger partial charge on any atom is -0.497 e. The number of amides is 1. The van der Waals surface area contributed by atoms with Gasteiger partial charge in [0, 0.05) is 18.2 Å². The average Bonchev–Trinajstić information content (AvgIpc) is 2.74. The number of carbonyl (C=O) groups is 1. The van der Waals surface area contributed by atoms with E-state index in [-0.39, 0.29) is 11.6 Å². The van der Waals surface area contributed by atoms with Crippen molar-refractivity contribution < 1.29 is 14.6 Å². The summed E-state index contributed by atoms with van der Waals surface area (Å²) < 4.78 is 5.33. The van der Waals surface area contributed by atoms with Gasteiger partial charge in [-0.15, -0.1) is 0 Å². The zero-order valence-electron chi connectivity index (χ0n) is 18.8. The SMILES string of the molecule is COc1ccc(C)c(CCCN(C)[C@H](C)[C@@]2(O)CCc3[nH]c(=O)c(C(N)=O)cc3C2)c1. The molecule has 1 aromatic heterocycles. The number of pyridine rings is 1. The van der Waals surface area contributed by atoms with Crippen LogP contribution in [0, 0.1) is 6.92 Å². The molecule has 1 aliphatic rings. The van der Waals surface area contributed by atoms with Gasteiger partial charge >= 0.3 is 0 Å². The maximum absolute atomic E-state index is 12.0. The quantitative estimate of drug-likeness (QED) is 0.597. The van der Waals surface area contributed by atoms with E-state index in [2.05, 4.69) is 28.9 Å². The summed E-state index contributed by atoms with van der Waals surface area (Å²) in [5.74, 6) is 0.113. The number of primary amides is 1. The van der Waals surface area contributed by atoms with Crippen molar-refractivity contribution in [2.75, 3.05) is 20.7 Å². The molecule has 4 N–H and O–H groups in total. The van der Waals surface area contributed by atoms with Crippen molar-refractivity contribution in [1.29, 1.82) is 0 Å². The number of carbonyl (C=O) groups excluding carboxylic acids is 1. The Balaban J connectivity index is 1.65. The molecule has 1 heterocycles. The molecule has 168 valence electrons. The number of nitrogens with one attached hydrogen (secondary N) is 1. The number of methoxy groups -OCH3 is 1. The monoisotopic (exact) mass is 427 g/mol. The predicted octanol–water partition coefficient (Wildman–Crippen LogP) is 1.96. The first kappa shape index (κ1) is 23.0. The molecule has 0 bridgehead atoms. The van der Waals surface area contributed by atoms with Gasteiger partial charge in [-0.3, -0.25) is 9.59 Å². The lowest BCUT2D eigenvalue weighted by molar-refractivity contribution is -0.0440. The van der Waals surface area contributed by atoms with Gasteiger partial charge < -0.3 is 25.5 Å². The average molecular weight is 428 g/mol. The lowest BCUT2D eigenvalue weighted by Gasteiger charge is -2.42. The van der Waals surface area contributed by atoms with E-state index in [0.29, 0.717) is 19.3 Å². The Hall–Kier alpha value is -2.64. The van der Waals surface area contributed by atoms with Crippen molar-refractivity contribution in [3.8, 4) is 5.75 Å². The summed E-state index contributed by atoms with van der Waals surface area (Å²) in [5, 5.41) is 11.4. The molecule has 0 fully saturated rings. The first-order valence-electron chi connectivity index (χ1n) is 10.8. The number of likely N-dealkylation sites (N-methyl/N-ethyl adjacent to an activating group) is 1. The second kappa shape index (κ2) is 9.24. The third-order valence-corrected chi connectivity index (χ3v) is 6.74. The van der Waals surface area contributed by atoms with Crippen LogP contribution in [0.4, 0.5) is 0 Å². The molecule has 0 radical (unpaired) electrons. The van der Waals surface area contributed by atoms with Gasteiger partial charge in [-0.05, 0) is 88.0 Å². The predicted molar refractivity (Wildman–Crippen MR) is 121 cm³/mol. The normalized spacial score (nSPS) is 19.2. The van der Waals surface area contributed by atoms with Crippen LogP contribution in [0.15, 0.2) is 29.1 Å². The fourth-order valence-electron chi connectivity index (χ4n) is 4.46. The van der Waals surface area contributed by atoms with E-state index in [1.54, 1.807) is 13.2 Å². The molecule has 2 atom stereocenters. The van der Waals surface area contributed by atoms with Crippen molar-refractivity contribution in [3.05, 3.63) is 62.6 Å². The number of rotatable bonds is 8. The van der Waals surface area contributed by atoms with Crippen LogP contribution in [-0.2, 0) is 19.3 Å². The molecule has 1 aromatic carbocycles. The van der Waals surface area contributed by atoms with Gasteiger partial charge in [-0.2, -0.15) is 0 Å². The van der Waals surface area contributed by atoms with Crippen molar-refractivity contribution in [1.82, 2.24) is 9.88 Å². The number of fused-ring (bicyclic) bond motifs is 1. The Labute approximate surface area is 183 Å². The van der Waals surface area contributed by atoms with E-state index < -0.39 is 17.1 Å². The Morgan fingerprint density at radius 3 is 2.81 bits per heavy atom. The van der Waals surface area contributed by atoms with Crippen LogP contribution in [0.5, 0.6) is 5.75 Å². The Morgan fingerprint density at radius 2 is 2.13 bits per heavy atom. The van der Waals surface area contributed by atoms with E-state index in [4.69, 9.17) is 10.5 Å². The number of aliphatic hydroxyl groups is 1. The molecule has 1 aliphatic carbocycles. The second-order valence-corrected chi connectivity index (χ2v) is 8.71. The van der Waals surface area contributed by atoms with E-state index >= 15 is 0 Å². The number of H-pyrrole nitrogens is 1. The topological polar surface area (TPSA) is 109 Å². The maximum Gasteiger partial charge on any atom is 0.261 e. The Morgan fingerprint density at radius 1 is 1.39 bits per heavy atom. The minimum atomic E-state index is -0.944. The Kier molecular flexibility index (Phi) is 6.86. The van der Waals surface area contributed by atoms with Gasteiger partial charge in [0.1, 0.15) is 11.3 Å². The van der Waals surface area contributed by atoms with E-state index in [0.717, 1.165) is 36.4 Å². The van der Waals surface area contributed by atoms with Crippen molar-refractivity contribution in [2.24, 2.45) is 5.73 Å². The molecule has 3 rings (SSSR count). The molecule has 7 heteroatoms. The van der Waals surface area contributed by atoms with E-state index in [9.17, 15) is 14.7 Å². The van der Waals surface area contributed by atoms with Crippen molar-refractivity contribution in [2.45, 2.75) is 57.6 Å². The van der Waals surface area contributed by atoms with Crippen LogP contribution >= 0.6 is 0 Å². The molecule has 0 spiro atoms. The van der Waals surface area contributed by atoms with Crippen LogP contribution in [-0.4, -0.2) is 53.2 Å².